The molecule has 0 unspecified atom stereocenters. The van der Waals surface area contributed by atoms with Gasteiger partial charge in [-0.05, 0) is 30.0 Å². The highest BCUT2D eigenvalue weighted by molar-refractivity contribution is 7.99. The van der Waals surface area contributed by atoms with E-state index in [9.17, 15) is 4.79 Å². The second-order valence-corrected chi connectivity index (χ2v) is 6.65. The van der Waals surface area contributed by atoms with Crippen molar-refractivity contribution in [3.63, 3.8) is 0 Å². The molecule has 1 amide bonds. The van der Waals surface area contributed by atoms with Gasteiger partial charge in [0, 0.05) is 10.3 Å². The van der Waals surface area contributed by atoms with Crippen LogP contribution in [0.2, 0.25) is 0 Å². The fourth-order valence-corrected chi connectivity index (χ4v) is 4.09. The molecular formula is C16H12N4OS2. The number of amides is 1. The number of nitrogens with zero attached hydrogens (tertiary/aromatic N) is 3. The number of hydrogen-bond acceptors (Lipinski definition) is 6. The number of carbonyl (C=O) groups is 1. The molecule has 0 atom stereocenters. The molecule has 7 heteroatoms. The summed E-state index contributed by atoms with van der Waals surface area (Å²) in [7, 11) is 0. The summed E-state index contributed by atoms with van der Waals surface area (Å²) in [6, 6.07) is 9.33. The van der Waals surface area contributed by atoms with Crippen LogP contribution in [0.5, 0.6) is 0 Å². The summed E-state index contributed by atoms with van der Waals surface area (Å²) >= 11 is 3.07. The number of nitrogens with one attached hydrogen (secondary N) is 1. The molecule has 0 saturated heterocycles. The van der Waals surface area contributed by atoms with Gasteiger partial charge in [0.25, 0.3) is 0 Å². The zero-order valence-electron chi connectivity index (χ0n) is 12.2. The smallest absolute Gasteiger partial charge is 0.238 e. The van der Waals surface area contributed by atoms with Gasteiger partial charge in [0.15, 0.2) is 0 Å². The number of para-hydroxylation sites is 1. The number of carbonyl (C=O) groups excluding carboxylic acids is 1. The maximum absolute atomic E-state index is 11.7. The van der Waals surface area contributed by atoms with Gasteiger partial charge in [0.1, 0.15) is 22.6 Å². The highest BCUT2D eigenvalue weighted by Crippen LogP contribution is 2.38. The van der Waals surface area contributed by atoms with E-state index in [-0.39, 0.29) is 12.3 Å². The molecule has 2 aromatic heterocycles. The highest BCUT2D eigenvalue weighted by atomic mass is 32.2. The Kier molecular flexibility index (Phi) is 4.55. The minimum Gasteiger partial charge on any atom is -0.324 e. The largest absolute Gasteiger partial charge is 0.324 e. The standard InChI is InChI=1S/C16H12N4OS2/c1-10-8-22-15-14(10)16(19-9-18-15)23-12-5-3-2-4-11(12)20-13(21)6-7-17/h2-5,8-9H,6H2,1H3,(H,20,21). The molecule has 0 saturated carbocycles. The fourth-order valence-electron chi connectivity index (χ4n) is 2.09. The zero-order valence-corrected chi connectivity index (χ0v) is 13.9. The molecule has 0 aliphatic carbocycles. The topological polar surface area (TPSA) is 78.7 Å². The Labute approximate surface area is 141 Å². The number of fused-ring (bicyclic) bond motifs is 1. The lowest BCUT2D eigenvalue weighted by molar-refractivity contribution is -0.115. The number of aromatic nitrogens is 2. The van der Waals surface area contributed by atoms with Gasteiger partial charge in [-0.3, -0.25) is 4.79 Å². The van der Waals surface area contributed by atoms with Crippen LogP contribution in [0.1, 0.15) is 12.0 Å². The van der Waals surface area contributed by atoms with E-state index < -0.39 is 0 Å². The lowest BCUT2D eigenvalue weighted by Gasteiger charge is -2.10. The Bertz CT molecular complexity index is 914. The van der Waals surface area contributed by atoms with Crippen LogP contribution in [-0.4, -0.2) is 15.9 Å². The predicted octanol–water partition coefficient (Wildman–Crippen LogP) is 4.00. The van der Waals surface area contributed by atoms with Crippen LogP contribution in [-0.2, 0) is 4.79 Å². The van der Waals surface area contributed by atoms with Crippen LogP contribution in [0.25, 0.3) is 10.2 Å². The van der Waals surface area contributed by atoms with E-state index in [1.54, 1.807) is 17.7 Å². The van der Waals surface area contributed by atoms with E-state index in [0.29, 0.717) is 5.69 Å². The number of nitriles is 1. The van der Waals surface area contributed by atoms with E-state index in [0.717, 1.165) is 25.7 Å². The normalized spacial score (nSPS) is 10.4. The molecule has 2 heterocycles. The Morgan fingerprint density at radius 3 is 3.04 bits per heavy atom. The van der Waals surface area contributed by atoms with Crippen LogP contribution < -0.4 is 5.32 Å². The molecule has 0 fully saturated rings. The summed E-state index contributed by atoms with van der Waals surface area (Å²) < 4.78 is 0. The van der Waals surface area contributed by atoms with Gasteiger partial charge < -0.3 is 5.32 Å². The van der Waals surface area contributed by atoms with Gasteiger partial charge in [-0.2, -0.15) is 5.26 Å². The van der Waals surface area contributed by atoms with Crippen LogP contribution >= 0.6 is 23.1 Å². The van der Waals surface area contributed by atoms with Gasteiger partial charge >= 0.3 is 0 Å². The number of anilines is 1. The van der Waals surface area contributed by atoms with Gasteiger partial charge in [-0.15, -0.1) is 11.3 Å². The van der Waals surface area contributed by atoms with Crippen LogP contribution in [0.4, 0.5) is 5.69 Å². The van der Waals surface area contributed by atoms with Gasteiger partial charge in [0.2, 0.25) is 5.91 Å². The molecule has 0 radical (unpaired) electrons. The Hall–Kier alpha value is -2.43. The lowest BCUT2D eigenvalue weighted by Crippen LogP contribution is -2.10. The number of thiophene rings is 1. The average molecular weight is 340 g/mol. The summed E-state index contributed by atoms with van der Waals surface area (Å²) in [6.07, 6.45) is 1.39. The van der Waals surface area contributed by atoms with Crippen LogP contribution in [0.15, 0.2) is 45.9 Å². The predicted molar refractivity (Wildman–Crippen MR) is 91.6 cm³/mol. The minimum absolute atomic E-state index is 0.166. The quantitative estimate of drug-likeness (QED) is 0.726. The van der Waals surface area contributed by atoms with Gasteiger partial charge in [0.05, 0.1) is 11.8 Å². The van der Waals surface area contributed by atoms with E-state index in [1.807, 2.05) is 37.3 Å². The maximum Gasteiger partial charge on any atom is 0.238 e. The third kappa shape index (κ3) is 3.33. The summed E-state index contributed by atoms with van der Waals surface area (Å²) in [5, 5.41) is 15.3. The SMILES string of the molecule is Cc1csc2ncnc(Sc3ccccc3NC(=O)CC#N)c12. The molecule has 1 N–H and O–H groups in total. The lowest BCUT2D eigenvalue weighted by atomic mass is 10.3. The molecule has 5 nitrogen and oxygen atoms in total. The number of rotatable bonds is 4. The Morgan fingerprint density at radius 1 is 1.39 bits per heavy atom. The molecule has 114 valence electrons. The summed E-state index contributed by atoms with van der Waals surface area (Å²) in [5.74, 6) is -0.319. The summed E-state index contributed by atoms with van der Waals surface area (Å²) in [6.45, 7) is 2.03. The molecule has 3 rings (SSSR count). The molecular weight excluding hydrogens is 328 g/mol. The highest BCUT2D eigenvalue weighted by Gasteiger charge is 2.13. The van der Waals surface area contributed by atoms with Crippen molar-refractivity contribution in [3.05, 3.63) is 41.5 Å². The zero-order chi connectivity index (χ0) is 16.2. The second kappa shape index (κ2) is 6.77. The number of aryl methyl sites for hydroxylation is 1. The molecule has 0 aliphatic heterocycles. The van der Waals surface area contributed by atoms with Crippen molar-refractivity contribution in [2.24, 2.45) is 0 Å². The monoisotopic (exact) mass is 340 g/mol. The molecule has 3 aromatic rings. The number of benzene rings is 1. The minimum atomic E-state index is -0.319. The van der Waals surface area contributed by atoms with Crippen LogP contribution in [0, 0.1) is 18.3 Å². The maximum atomic E-state index is 11.7. The molecule has 1 aromatic carbocycles. The second-order valence-electron chi connectivity index (χ2n) is 4.76. The first-order valence-corrected chi connectivity index (χ1v) is 8.51. The van der Waals surface area contributed by atoms with Crippen molar-refractivity contribution < 1.29 is 4.79 Å². The van der Waals surface area contributed by atoms with E-state index in [1.165, 1.54) is 11.8 Å². The third-order valence-electron chi connectivity index (χ3n) is 3.13. The van der Waals surface area contributed by atoms with Crippen molar-refractivity contribution in [2.45, 2.75) is 23.3 Å². The van der Waals surface area contributed by atoms with E-state index >= 15 is 0 Å². The Balaban J connectivity index is 1.95. The van der Waals surface area contributed by atoms with E-state index in [2.05, 4.69) is 20.7 Å². The molecule has 0 bridgehead atoms. The number of hydrogen-bond donors (Lipinski definition) is 1. The third-order valence-corrected chi connectivity index (χ3v) is 5.21. The van der Waals surface area contributed by atoms with Crippen molar-refractivity contribution in [2.75, 3.05) is 5.32 Å². The van der Waals surface area contributed by atoms with Crippen molar-refractivity contribution in [1.29, 1.82) is 5.26 Å². The summed E-state index contributed by atoms with van der Waals surface area (Å²) in [5.41, 5.74) is 1.82. The van der Waals surface area contributed by atoms with Crippen molar-refractivity contribution in [1.82, 2.24) is 9.97 Å². The molecule has 0 aliphatic rings. The Morgan fingerprint density at radius 2 is 2.22 bits per heavy atom. The molecule has 23 heavy (non-hydrogen) atoms. The first-order chi connectivity index (χ1) is 11.2. The molecule has 0 spiro atoms. The average Bonchev–Trinajstić information content (AvgIpc) is 2.92. The van der Waals surface area contributed by atoms with Gasteiger partial charge in [-0.1, -0.05) is 23.9 Å². The fraction of sp³-hybridized carbons (Fsp3) is 0.125. The van der Waals surface area contributed by atoms with Crippen molar-refractivity contribution >= 4 is 44.9 Å². The van der Waals surface area contributed by atoms with E-state index in [4.69, 9.17) is 5.26 Å². The van der Waals surface area contributed by atoms with Crippen molar-refractivity contribution in [3.8, 4) is 6.07 Å². The van der Waals surface area contributed by atoms with Crippen LogP contribution in [0.3, 0.4) is 0 Å². The summed E-state index contributed by atoms with van der Waals surface area (Å²) in [4.78, 5) is 22.2. The first-order valence-electron chi connectivity index (χ1n) is 6.81. The van der Waals surface area contributed by atoms with Gasteiger partial charge in [-0.25, -0.2) is 9.97 Å². The first kappa shape index (κ1) is 15.5.